The zero-order chi connectivity index (χ0) is 67.2. The minimum absolute atomic E-state index is 0.106. The summed E-state index contributed by atoms with van der Waals surface area (Å²) in [6.07, 6.45) is 50.0. The van der Waals surface area contributed by atoms with Crippen molar-refractivity contribution in [3.8, 4) is 0 Å². The lowest BCUT2D eigenvalue weighted by Crippen LogP contribution is -2.30. The molecule has 0 aromatic rings. The molecule has 0 aliphatic carbocycles. The van der Waals surface area contributed by atoms with Gasteiger partial charge < -0.3 is 33.8 Å². The van der Waals surface area contributed by atoms with Crippen LogP contribution in [-0.2, 0) is 65.4 Å². The van der Waals surface area contributed by atoms with Crippen LogP contribution in [0.3, 0.4) is 0 Å². The highest BCUT2D eigenvalue weighted by molar-refractivity contribution is 7.47. The molecule has 0 spiro atoms. The van der Waals surface area contributed by atoms with E-state index in [0.29, 0.717) is 25.7 Å². The zero-order valence-electron chi connectivity index (χ0n) is 59.1. The number of carbonyl (C=O) groups is 4. The third kappa shape index (κ3) is 66.5. The molecule has 17 nitrogen and oxygen atoms in total. The second-order valence-electron chi connectivity index (χ2n) is 26.9. The Labute approximate surface area is 556 Å². The molecular formula is C72H140O17P2. The van der Waals surface area contributed by atoms with E-state index in [-0.39, 0.29) is 25.7 Å². The summed E-state index contributed by atoms with van der Waals surface area (Å²) >= 11 is 0. The van der Waals surface area contributed by atoms with E-state index in [1.165, 1.54) is 173 Å². The van der Waals surface area contributed by atoms with Gasteiger partial charge in [0.05, 0.1) is 26.4 Å². The molecule has 5 atom stereocenters. The van der Waals surface area contributed by atoms with Crippen molar-refractivity contribution in [3.05, 3.63) is 0 Å². The molecule has 0 aromatic heterocycles. The molecule has 91 heavy (non-hydrogen) atoms. The summed E-state index contributed by atoms with van der Waals surface area (Å²) in [7, 11) is -9.90. The van der Waals surface area contributed by atoms with Crippen LogP contribution in [0.5, 0.6) is 0 Å². The molecule has 0 rings (SSSR count). The number of phosphoric ester groups is 2. The van der Waals surface area contributed by atoms with Gasteiger partial charge in [-0.3, -0.25) is 37.3 Å². The van der Waals surface area contributed by atoms with Crippen LogP contribution in [0.1, 0.15) is 369 Å². The van der Waals surface area contributed by atoms with Crippen LogP contribution < -0.4 is 0 Å². The lowest BCUT2D eigenvalue weighted by Gasteiger charge is -2.21. The molecule has 2 unspecified atom stereocenters. The fraction of sp³-hybridized carbons (Fsp3) is 0.944. The lowest BCUT2D eigenvalue weighted by molar-refractivity contribution is -0.161. The third-order valence-electron chi connectivity index (χ3n) is 16.7. The van der Waals surface area contributed by atoms with Gasteiger partial charge in [-0.25, -0.2) is 9.13 Å². The molecule has 0 heterocycles. The molecule has 19 heteroatoms. The molecule has 0 radical (unpaired) electrons. The van der Waals surface area contributed by atoms with E-state index >= 15 is 0 Å². The quantitative estimate of drug-likeness (QED) is 0.0222. The van der Waals surface area contributed by atoms with Crippen LogP contribution in [0.2, 0.25) is 0 Å². The number of unbranched alkanes of at least 4 members (excludes halogenated alkanes) is 41. The van der Waals surface area contributed by atoms with Crippen LogP contribution in [0, 0.1) is 11.8 Å². The van der Waals surface area contributed by atoms with Crippen LogP contribution in [0.15, 0.2) is 0 Å². The second-order valence-corrected chi connectivity index (χ2v) is 29.8. The van der Waals surface area contributed by atoms with Crippen LogP contribution in [0.4, 0.5) is 0 Å². The topological polar surface area (TPSA) is 237 Å². The van der Waals surface area contributed by atoms with Gasteiger partial charge >= 0.3 is 39.5 Å². The van der Waals surface area contributed by atoms with Crippen molar-refractivity contribution in [2.75, 3.05) is 39.6 Å². The number of esters is 4. The smallest absolute Gasteiger partial charge is 0.462 e. The van der Waals surface area contributed by atoms with Crippen molar-refractivity contribution < 1.29 is 80.2 Å². The van der Waals surface area contributed by atoms with Gasteiger partial charge in [-0.1, -0.05) is 318 Å². The minimum Gasteiger partial charge on any atom is -0.462 e. The first-order chi connectivity index (χ1) is 43.9. The van der Waals surface area contributed by atoms with Crippen molar-refractivity contribution in [2.24, 2.45) is 11.8 Å². The van der Waals surface area contributed by atoms with E-state index in [4.69, 9.17) is 37.0 Å². The number of aliphatic hydroxyl groups excluding tert-OH is 1. The maximum Gasteiger partial charge on any atom is 0.472 e. The van der Waals surface area contributed by atoms with Gasteiger partial charge in [0.2, 0.25) is 0 Å². The molecule has 0 aliphatic rings. The Morgan fingerprint density at radius 2 is 0.505 bits per heavy atom. The normalized spacial score (nSPS) is 14.1. The van der Waals surface area contributed by atoms with Crippen molar-refractivity contribution >= 4 is 39.5 Å². The zero-order valence-corrected chi connectivity index (χ0v) is 60.9. The SMILES string of the molecule is CCCCCCCCCCCCCCCCC(=O)OC[C@H](COP(=O)(O)OC[C@@H](O)COP(=O)(O)OC[C@@H](COC(=O)CCCCCCCCC)OC(=O)CCCCCCCCCCCCC(C)C)OC(=O)CCCCCCCCCCCCCCCCC(C)C. The standard InChI is InChI=1S/C72H140O17P2/c1-7-9-11-13-15-16-17-18-22-25-31-37-43-49-55-70(75)83-61-68(89-71(76)56-50-44-38-32-26-23-20-19-21-24-29-35-40-46-52-64(3)4)63-87-91(80,81)85-59-66(73)58-84-90(78,79)86-62-67(60-82-69(74)54-48-42-34-14-12-10-8-2)88-72(77)57-51-45-39-33-28-27-30-36-41-47-53-65(5)6/h64-68,73H,7-63H2,1-6H3,(H,78,79)(H,80,81)/t66-,67+,68+/m0/s1. The number of carbonyl (C=O) groups excluding carboxylic acids is 4. The second kappa shape index (κ2) is 64.1. The van der Waals surface area contributed by atoms with Crippen molar-refractivity contribution in [3.63, 3.8) is 0 Å². The predicted octanol–water partition coefficient (Wildman–Crippen LogP) is 20.8. The van der Waals surface area contributed by atoms with Crippen LogP contribution >= 0.6 is 15.6 Å². The summed E-state index contributed by atoms with van der Waals surface area (Å²) < 4.78 is 68.3. The highest BCUT2D eigenvalue weighted by atomic mass is 31.2. The Balaban J connectivity index is 5.20. The fourth-order valence-electron chi connectivity index (χ4n) is 10.9. The summed E-state index contributed by atoms with van der Waals surface area (Å²) in [5, 5.41) is 10.6. The van der Waals surface area contributed by atoms with Gasteiger partial charge in [0.15, 0.2) is 12.2 Å². The minimum atomic E-state index is -4.95. The molecule has 3 N–H and O–H groups in total. The van der Waals surface area contributed by atoms with E-state index in [1.54, 1.807) is 0 Å². The molecule has 540 valence electrons. The number of rotatable bonds is 71. The summed E-state index contributed by atoms with van der Waals surface area (Å²) in [5.41, 5.74) is 0. The maximum atomic E-state index is 13.0. The van der Waals surface area contributed by atoms with Crippen molar-refractivity contribution in [2.45, 2.75) is 387 Å². The number of ether oxygens (including phenoxy) is 4. The Kier molecular flexibility index (Phi) is 62.7. The van der Waals surface area contributed by atoms with E-state index in [1.807, 2.05) is 0 Å². The monoisotopic (exact) mass is 1340 g/mol. The Morgan fingerprint density at radius 1 is 0.297 bits per heavy atom. The Bertz CT molecular complexity index is 1770. The highest BCUT2D eigenvalue weighted by Gasteiger charge is 2.30. The average molecular weight is 1340 g/mol. The van der Waals surface area contributed by atoms with E-state index in [0.717, 1.165) is 115 Å². The molecule has 0 aliphatic heterocycles. The predicted molar refractivity (Wildman–Crippen MR) is 368 cm³/mol. The van der Waals surface area contributed by atoms with Crippen LogP contribution in [0.25, 0.3) is 0 Å². The number of phosphoric acid groups is 2. The first-order valence-corrected chi connectivity index (χ1v) is 40.5. The average Bonchev–Trinajstić information content (AvgIpc) is 3.67. The largest absolute Gasteiger partial charge is 0.472 e. The van der Waals surface area contributed by atoms with Crippen LogP contribution in [-0.4, -0.2) is 96.7 Å². The molecular weight excluding hydrogens is 1200 g/mol. The Morgan fingerprint density at radius 3 is 0.747 bits per heavy atom. The first kappa shape index (κ1) is 89.1. The van der Waals surface area contributed by atoms with E-state index in [2.05, 4.69) is 41.5 Å². The first-order valence-electron chi connectivity index (χ1n) is 37.5. The number of hydrogen-bond acceptors (Lipinski definition) is 15. The van der Waals surface area contributed by atoms with Crippen molar-refractivity contribution in [1.82, 2.24) is 0 Å². The van der Waals surface area contributed by atoms with Crippen molar-refractivity contribution in [1.29, 1.82) is 0 Å². The molecule has 0 bridgehead atoms. The summed E-state index contributed by atoms with van der Waals surface area (Å²) in [4.78, 5) is 72.5. The van der Waals surface area contributed by atoms with Gasteiger partial charge in [0, 0.05) is 25.7 Å². The lowest BCUT2D eigenvalue weighted by atomic mass is 10.0. The van der Waals surface area contributed by atoms with Gasteiger partial charge in [0.1, 0.15) is 19.3 Å². The maximum absolute atomic E-state index is 13.0. The summed E-state index contributed by atoms with van der Waals surface area (Å²) in [6.45, 7) is 9.54. The summed E-state index contributed by atoms with van der Waals surface area (Å²) in [6, 6.07) is 0. The van der Waals surface area contributed by atoms with Gasteiger partial charge in [-0.2, -0.15) is 0 Å². The van der Waals surface area contributed by atoms with E-state index < -0.39 is 97.5 Å². The number of aliphatic hydroxyl groups is 1. The Hall–Kier alpha value is -1.94. The van der Waals surface area contributed by atoms with Gasteiger partial charge in [-0.05, 0) is 37.5 Å². The summed E-state index contributed by atoms with van der Waals surface area (Å²) in [5.74, 6) is -0.577. The van der Waals surface area contributed by atoms with Gasteiger partial charge in [0.25, 0.3) is 0 Å². The highest BCUT2D eigenvalue weighted by Crippen LogP contribution is 2.45. The third-order valence-corrected chi connectivity index (χ3v) is 18.6. The molecule has 0 saturated carbocycles. The molecule has 0 saturated heterocycles. The number of hydrogen-bond donors (Lipinski definition) is 3. The molecule has 0 aromatic carbocycles. The molecule has 0 fully saturated rings. The van der Waals surface area contributed by atoms with Gasteiger partial charge in [-0.15, -0.1) is 0 Å². The fourth-order valence-corrected chi connectivity index (χ4v) is 12.5. The molecule has 0 amide bonds. The van der Waals surface area contributed by atoms with E-state index in [9.17, 15) is 43.2 Å².